The summed E-state index contributed by atoms with van der Waals surface area (Å²) in [6, 6.07) is 26.0. The number of hydrogen-bond acceptors (Lipinski definition) is 4. The fraction of sp³-hybridized carbons (Fsp3) is 0.355. The van der Waals surface area contributed by atoms with Crippen molar-refractivity contribution in [2.75, 3.05) is 38.7 Å². The van der Waals surface area contributed by atoms with Gasteiger partial charge in [-0.2, -0.15) is 0 Å². The van der Waals surface area contributed by atoms with Crippen molar-refractivity contribution in [3.8, 4) is 0 Å². The molecule has 6 nitrogen and oxygen atoms in total. The summed E-state index contributed by atoms with van der Waals surface area (Å²) in [4.78, 5) is 30.3. The van der Waals surface area contributed by atoms with Gasteiger partial charge in [-0.25, -0.2) is 0 Å². The van der Waals surface area contributed by atoms with Crippen molar-refractivity contribution in [1.82, 2.24) is 9.80 Å². The zero-order valence-electron chi connectivity index (χ0n) is 21.4. The van der Waals surface area contributed by atoms with Gasteiger partial charge in [0.25, 0.3) is 11.8 Å². The normalized spacial score (nSPS) is 17.6. The molecular formula is C31H35N3O3. The summed E-state index contributed by atoms with van der Waals surface area (Å²) in [5.74, 6) is 0.708. The van der Waals surface area contributed by atoms with Gasteiger partial charge in [0.15, 0.2) is 0 Å². The van der Waals surface area contributed by atoms with Crippen LogP contribution in [-0.2, 0) is 11.2 Å². The van der Waals surface area contributed by atoms with E-state index in [1.54, 1.807) is 7.11 Å². The van der Waals surface area contributed by atoms with Gasteiger partial charge < -0.3 is 19.9 Å². The Morgan fingerprint density at radius 2 is 1.73 bits per heavy atom. The standard InChI is InChI=1S/C31H35N3O3/c1-37-20-8-17-34-29(27-13-5-6-14-28(27)31(34)36)32-26-12-7-11-25(22-26)30(35)33-18-15-24(16-19-33)21-23-9-3-2-4-10-23/h2-7,9-14,22,24,29,32H,8,15-21H2,1H3. The topological polar surface area (TPSA) is 61.9 Å². The number of carbonyl (C=O) groups excluding carboxylic acids is 2. The van der Waals surface area contributed by atoms with Gasteiger partial charge in [-0.3, -0.25) is 9.59 Å². The second-order valence-electron chi connectivity index (χ2n) is 9.99. The first kappa shape index (κ1) is 25.0. The molecule has 2 aliphatic heterocycles. The fourth-order valence-electron chi connectivity index (χ4n) is 5.51. The molecule has 192 valence electrons. The zero-order valence-corrected chi connectivity index (χ0v) is 21.4. The number of ether oxygens (including phenoxy) is 1. The van der Waals surface area contributed by atoms with Crippen LogP contribution in [0.25, 0.3) is 0 Å². The van der Waals surface area contributed by atoms with Crippen LogP contribution in [0.5, 0.6) is 0 Å². The molecule has 1 saturated heterocycles. The number of fused-ring (bicyclic) bond motifs is 1. The van der Waals surface area contributed by atoms with Crippen molar-refractivity contribution in [2.45, 2.75) is 31.8 Å². The van der Waals surface area contributed by atoms with E-state index in [1.807, 2.05) is 58.3 Å². The van der Waals surface area contributed by atoms with Gasteiger partial charge in [0.1, 0.15) is 6.17 Å². The van der Waals surface area contributed by atoms with E-state index in [4.69, 9.17) is 4.74 Å². The lowest BCUT2D eigenvalue weighted by molar-refractivity contribution is 0.0688. The lowest BCUT2D eigenvalue weighted by Gasteiger charge is -2.32. The molecule has 0 aliphatic carbocycles. The first-order valence-corrected chi connectivity index (χ1v) is 13.2. The lowest BCUT2D eigenvalue weighted by atomic mass is 9.90. The number of nitrogens with one attached hydrogen (secondary N) is 1. The van der Waals surface area contributed by atoms with Gasteiger partial charge in [-0.1, -0.05) is 54.6 Å². The third-order valence-electron chi connectivity index (χ3n) is 7.49. The number of piperidine rings is 1. The summed E-state index contributed by atoms with van der Waals surface area (Å²) in [7, 11) is 1.67. The van der Waals surface area contributed by atoms with Crippen LogP contribution in [-0.4, -0.2) is 55.0 Å². The number of methoxy groups -OCH3 is 1. The highest BCUT2D eigenvalue weighted by molar-refractivity contribution is 5.99. The molecule has 2 amide bonds. The minimum Gasteiger partial charge on any atom is -0.385 e. The molecule has 0 saturated carbocycles. The average molecular weight is 498 g/mol. The van der Waals surface area contributed by atoms with Gasteiger partial charge >= 0.3 is 0 Å². The van der Waals surface area contributed by atoms with Crippen LogP contribution in [0.1, 0.15) is 57.3 Å². The number of hydrogen-bond donors (Lipinski definition) is 1. The molecule has 2 heterocycles. The second-order valence-corrected chi connectivity index (χ2v) is 9.99. The molecule has 0 aromatic heterocycles. The summed E-state index contributed by atoms with van der Waals surface area (Å²) < 4.78 is 5.20. The Hall–Kier alpha value is -3.64. The molecular weight excluding hydrogens is 462 g/mol. The van der Waals surface area contributed by atoms with Crippen LogP contribution in [0, 0.1) is 5.92 Å². The maximum Gasteiger partial charge on any atom is 0.256 e. The Morgan fingerprint density at radius 1 is 0.973 bits per heavy atom. The van der Waals surface area contributed by atoms with Gasteiger partial charge in [0.05, 0.1) is 0 Å². The van der Waals surface area contributed by atoms with E-state index in [9.17, 15) is 9.59 Å². The van der Waals surface area contributed by atoms with Gasteiger partial charge in [0, 0.05) is 55.7 Å². The van der Waals surface area contributed by atoms with E-state index in [0.717, 1.165) is 55.6 Å². The molecule has 6 heteroatoms. The van der Waals surface area contributed by atoms with E-state index in [1.165, 1.54) is 5.56 Å². The number of anilines is 1. The Morgan fingerprint density at radius 3 is 2.51 bits per heavy atom. The fourth-order valence-corrected chi connectivity index (χ4v) is 5.51. The molecule has 1 fully saturated rings. The lowest BCUT2D eigenvalue weighted by Crippen LogP contribution is -2.39. The highest BCUT2D eigenvalue weighted by Gasteiger charge is 2.36. The number of benzene rings is 3. The number of likely N-dealkylation sites (tertiary alicyclic amines) is 1. The number of amides is 2. The van der Waals surface area contributed by atoms with Crippen molar-refractivity contribution in [1.29, 1.82) is 0 Å². The minimum atomic E-state index is -0.278. The summed E-state index contributed by atoms with van der Waals surface area (Å²) in [5.41, 5.74) is 4.56. The van der Waals surface area contributed by atoms with Gasteiger partial charge in [-0.05, 0) is 61.4 Å². The zero-order chi connectivity index (χ0) is 25.6. The smallest absolute Gasteiger partial charge is 0.256 e. The van der Waals surface area contributed by atoms with Crippen molar-refractivity contribution in [3.05, 3.63) is 101 Å². The summed E-state index contributed by atoms with van der Waals surface area (Å²) in [6.45, 7) is 2.76. The van der Waals surface area contributed by atoms with E-state index < -0.39 is 0 Å². The molecule has 0 radical (unpaired) electrons. The van der Waals surface area contributed by atoms with E-state index in [0.29, 0.717) is 24.6 Å². The molecule has 5 rings (SSSR count). The maximum absolute atomic E-state index is 13.4. The number of nitrogens with zero attached hydrogens (tertiary/aromatic N) is 2. The maximum atomic E-state index is 13.4. The highest BCUT2D eigenvalue weighted by atomic mass is 16.5. The Labute approximate surface area is 219 Å². The van der Waals surface area contributed by atoms with Gasteiger partial charge in [-0.15, -0.1) is 0 Å². The van der Waals surface area contributed by atoms with Crippen LogP contribution in [0.4, 0.5) is 5.69 Å². The summed E-state index contributed by atoms with van der Waals surface area (Å²) in [5, 5.41) is 3.53. The van der Waals surface area contributed by atoms with E-state index >= 15 is 0 Å². The Bertz CT molecular complexity index is 1220. The Kier molecular flexibility index (Phi) is 7.85. The molecule has 0 bridgehead atoms. The molecule has 3 aromatic rings. The van der Waals surface area contributed by atoms with Crippen LogP contribution < -0.4 is 5.32 Å². The van der Waals surface area contributed by atoms with Gasteiger partial charge in [0.2, 0.25) is 0 Å². The molecule has 37 heavy (non-hydrogen) atoms. The second kappa shape index (κ2) is 11.6. The van der Waals surface area contributed by atoms with E-state index in [2.05, 4.69) is 35.6 Å². The summed E-state index contributed by atoms with van der Waals surface area (Å²) >= 11 is 0. The third-order valence-corrected chi connectivity index (χ3v) is 7.49. The molecule has 0 spiro atoms. The molecule has 1 N–H and O–H groups in total. The van der Waals surface area contributed by atoms with Crippen LogP contribution in [0.15, 0.2) is 78.9 Å². The number of rotatable bonds is 9. The molecule has 1 atom stereocenters. The largest absolute Gasteiger partial charge is 0.385 e. The first-order valence-electron chi connectivity index (χ1n) is 13.2. The predicted molar refractivity (Wildman–Crippen MR) is 146 cm³/mol. The predicted octanol–water partition coefficient (Wildman–Crippen LogP) is 5.38. The monoisotopic (exact) mass is 497 g/mol. The minimum absolute atomic E-state index is 0.0230. The van der Waals surface area contributed by atoms with E-state index in [-0.39, 0.29) is 18.0 Å². The Balaban J connectivity index is 1.25. The number of carbonyl (C=O) groups is 2. The SMILES string of the molecule is COCCCN1C(=O)c2ccccc2C1Nc1cccc(C(=O)N2CCC(Cc3ccccc3)CC2)c1. The highest BCUT2D eigenvalue weighted by Crippen LogP contribution is 2.34. The quantitative estimate of drug-likeness (QED) is 0.403. The molecule has 2 aliphatic rings. The van der Waals surface area contributed by atoms with Crippen molar-refractivity contribution in [3.63, 3.8) is 0 Å². The molecule has 1 unspecified atom stereocenters. The average Bonchev–Trinajstić information content (AvgIpc) is 3.20. The van der Waals surface area contributed by atoms with Crippen LogP contribution in [0.2, 0.25) is 0 Å². The van der Waals surface area contributed by atoms with Crippen molar-refractivity contribution >= 4 is 17.5 Å². The van der Waals surface area contributed by atoms with Crippen LogP contribution in [0.3, 0.4) is 0 Å². The molecule has 3 aromatic carbocycles. The summed E-state index contributed by atoms with van der Waals surface area (Å²) in [6.07, 6.45) is 3.60. The first-order chi connectivity index (χ1) is 18.1. The van der Waals surface area contributed by atoms with Crippen molar-refractivity contribution in [2.24, 2.45) is 5.92 Å². The third kappa shape index (κ3) is 5.70. The van der Waals surface area contributed by atoms with Crippen LogP contribution >= 0.6 is 0 Å². The van der Waals surface area contributed by atoms with Crippen molar-refractivity contribution < 1.29 is 14.3 Å².